The number of furan rings is 1. The highest BCUT2D eigenvalue weighted by Crippen LogP contribution is 2.22. The summed E-state index contributed by atoms with van der Waals surface area (Å²) < 4.78 is 11.0. The molecule has 2 rings (SSSR count). The summed E-state index contributed by atoms with van der Waals surface area (Å²) >= 11 is 0. The molecule has 1 aromatic carbocycles. The third-order valence-corrected chi connectivity index (χ3v) is 3.51. The third-order valence-electron chi connectivity index (χ3n) is 3.51. The second-order valence-corrected chi connectivity index (χ2v) is 5.73. The maximum Gasteiger partial charge on any atom is 0.136 e. The number of nitrogens with one attached hydrogen (secondary N) is 1. The molecule has 0 spiro atoms. The molecule has 1 unspecified atom stereocenters. The van der Waals surface area contributed by atoms with Crippen LogP contribution in [0.5, 0.6) is 5.75 Å². The lowest BCUT2D eigenvalue weighted by Gasteiger charge is -2.21. The Morgan fingerprint density at radius 3 is 2.61 bits per heavy atom. The van der Waals surface area contributed by atoms with E-state index in [0.29, 0.717) is 31.9 Å². The number of rotatable bonds is 8. The van der Waals surface area contributed by atoms with Gasteiger partial charge in [0.2, 0.25) is 0 Å². The van der Waals surface area contributed by atoms with Crippen molar-refractivity contribution in [2.45, 2.75) is 32.4 Å². The lowest BCUT2D eigenvalue weighted by atomic mass is 10.0. The van der Waals surface area contributed by atoms with E-state index in [4.69, 9.17) is 15.6 Å². The summed E-state index contributed by atoms with van der Waals surface area (Å²) in [5.74, 6) is 4.71. The lowest BCUT2D eigenvalue weighted by molar-refractivity contribution is 0.0333. The number of terminal acetylenes is 1. The van der Waals surface area contributed by atoms with Gasteiger partial charge in [0.15, 0.2) is 0 Å². The topological polar surface area (TPSA) is 54.6 Å². The molecule has 0 saturated carbocycles. The molecule has 0 amide bonds. The monoisotopic (exact) mass is 313 g/mol. The van der Waals surface area contributed by atoms with Crippen LogP contribution in [0.15, 0.2) is 40.8 Å². The van der Waals surface area contributed by atoms with Gasteiger partial charge in [-0.1, -0.05) is 12.1 Å². The molecule has 1 heterocycles. The quantitative estimate of drug-likeness (QED) is 0.581. The standard InChI is InChI=1S/C19H23NO3/c1-4-5-12-22-17-9-7-16(8-10-17)13-20-14-19(3,21)18-11-6-15(2)23-18/h1,6-11,20-21H,5,12-14H2,2-3H3. The van der Waals surface area contributed by atoms with Gasteiger partial charge in [-0.3, -0.25) is 0 Å². The van der Waals surface area contributed by atoms with E-state index in [2.05, 4.69) is 11.2 Å². The Balaban J connectivity index is 1.80. The van der Waals surface area contributed by atoms with Crippen molar-refractivity contribution >= 4 is 0 Å². The Morgan fingerprint density at radius 1 is 1.26 bits per heavy atom. The molecule has 0 bridgehead atoms. The molecule has 0 aliphatic carbocycles. The zero-order chi connectivity index (χ0) is 16.7. The molecule has 4 nitrogen and oxygen atoms in total. The average Bonchev–Trinajstić information content (AvgIpc) is 2.96. The molecule has 4 heteroatoms. The zero-order valence-corrected chi connectivity index (χ0v) is 13.6. The summed E-state index contributed by atoms with van der Waals surface area (Å²) in [7, 11) is 0. The Morgan fingerprint density at radius 2 is 2.00 bits per heavy atom. The molecule has 0 fully saturated rings. The van der Waals surface area contributed by atoms with Gasteiger partial charge in [0.05, 0.1) is 6.61 Å². The minimum absolute atomic E-state index is 0.403. The fourth-order valence-electron chi connectivity index (χ4n) is 2.19. The van der Waals surface area contributed by atoms with Crippen molar-refractivity contribution in [2.75, 3.05) is 13.2 Å². The van der Waals surface area contributed by atoms with Crippen LogP contribution in [0.25, 0.3) is 0 Å². The summed E-state index contributed by atoms with van der Waals surface area (Å²) in [5.41, 5.74) is 0.0766. The second-order valence-electron chi connectivity index (χ2n) is 5.73. The van der Waals surface area contributed by atoms with Crippen LogP contribution >= 0.6 is 0 Å². The van der Waals surface area contributed by atoms with E-state index in [1.165, 1.54) is 0 Å². The normalized spacial score (nSPS) is 13.3. The zero-order valence-electron chi connectivity index (χ0n) is 13.6. The van der Waals surface area contributed by atoms with Crippen LogP contribution in [0.1, 0.15) is 30.4 Å². The lowest BCUT2D eigenvalue weighted by Crippen LogP contribution is -2.34. The van der Waals surface area contributed by atoms with E-state index in [1.54, 1.807) is 13.0 Å². The Kier molecular flexibility index (Phi) is 5.86. The molecule has 2 aromatic rings. The van der Waals surface area contributed by atoms with Gasteiger partial charge in [0, 0.05) is 19.5 Å². The smallest absolute Gasteiger partial charge is 0.136 e. The van der Waals surface area contributed by atoms with Gasteiger partial charge < -0.3 is 19.6 Å². The summed E-state index contributed by atoms with van der Waals surface area (Å²) in [6.45, 7) is 5.18. The highest BCUT2D eigenvalue weighted by atomic mass is 16.5. The molecule has 0 radical (unpaired) electrons. The van der Waals surface area contributed by atoms with Crippen LogP contribution < -0.4 is 10.1 Å². The first kappa shape index (κ1) is 17.1. The Labute approximate surface area is 137 Å². The number of aryl methyl sites for hydroxylation is 1. The summed E-state index contributed by atoms with van der Waals surface area (Å²) in [6.07, 6.45) is 5.79. The molecular weight excluding hydrogens is 290 g/mol. The van der Waals surface area contributed by atoms with E-state index in [-0.39, 0.29) is 0 Å². The van der Waals surface area contributed by atoms with E-state index >= 15 is 0 Å². The first-order chi connectivity index (χ1) is 11.0. The van der Waals surface area contributed by atoms with Crippen molar-refractivity contribution in [1.82, 2.24) is 5.32 Å². The maximum atomic E-state index is 10.4. The first-order valence-corrected chi connectivity index (χ1v) is 7.66. The number of hydrogen-bond acceptors (Lipinski definition) is 4. The maximum absolute atomic E-state index is 10.4. The van der Waals surface area contributed by atoms with Crippen LogP contribution in [0.4, 0.5) is 0 Å². The van der Waals surface area contributed by atoms with Gasteiger partial charge >= 0.3 is 0 Å². The van der Waals surface area contributed by atoms with Crippen molar-refractivity contribution in [3.8, 4) is 18.1 Å². The predicted octanol–water partition coefficient (Wildman–Crippen LogP) is 2.99. The SMILES string of the molecule is C#CCCOc1ccc(CNCC(C)(O)c2ccc(C)o2)cc1. The van der Waals surface area contributed by atoms with Crippen molar-refractivity contribution in [2.24, 2.45) is 0 Å². The minimum Gasteiger partial charge on any atom is -0.493 e. The molecule has 0 aliphatic rings. The van der Waals surface area contributed by atoms with Crippen molar-refractivity contribution in [3.05, 3.63) is 53.5 Å². The van der Waals surface area contributed by atoms with Gasteiger partial charge in [-0.05, 0) is 43.7 Å². The molecule has 2 N–H and O–H groups in total. The third kappa shape index (κ3) is 5.17. The van der Waals surface area contributed by atoms with Gasteiger partial charge in [-0.25, -0.2) is 0 Å². The van der Waals surface area contributed by atoms with Crippen LogP contribution in [0, 0.1) is 19.3 Å². The highest BCUT2D eigenvalue weighted by molar-refractivity contribution is 5.27. The van der Waals surface area contributed by atoms with Crippen molar-refractivity contribution < 1.29 is 14.3 Å². The molecule has 0 aliphatic heterocycles. The summed E-state index contributed by atoms with van der Waals surface area (Å²) in [6, 6.07) is 11.5. The number of aliphatic hydroxyl groups is 1. The summed E-state index contributed by atoms with van der Waals surface area (Å²) in [4.78, 5) is 0. The number of benzene rings is 1. The minimum atomic E-state index is -1.04. The average molecular weight is 313 g/mol. The number of hydrogen-bond donors (Lipinski definition) is 2. The van der Waals surface area contributed by atoms with Crippen LogP contribution in [0.2, 0.25) is 0 Å². The first-order valence-electron chi connectivity index (χ1n) is 7.66. The Hall–Kier alpha value is -2.22. The van der Waals surface area contributed by atoms with Gasteiger partial charge in [-0.15, -0.1) is 12.3 Å². The van der Waals surface area contributed by atoms with E-state index < -0.39 is 5.60 Å². The van der Waals surface area contributed by atoms with Gasteiger partial charge in [-0.2, -0.15) is 0 Å². The number of ether oxygens (including phenoxy) is 1. The van der Waals surface area contributed by atoms with Gasteiger partial charge in [0.25, 0.3) is 0 Å². The van der Waals surface area contributed by atoms with Crippen molar-refractivity contribution in [1.29, 1.82) is 0 Å². The van der Waals surface area contributed by atoms with E-state index in [1.807, 2.05) is 37.3 Å². The molecule has 1 aromatic heterocycles. The molecular formula is C19H23NO3. The van der Waals surface area contributed by atoms with Crippen LogP contribution in [-0.4, -0.2) is 18.3 Å². The molecule has 1 atom stereocenters. The fourth-order valence-corrected chi connectivity index (χ4v) is 2.19. The predicted molar refractivity (Wildman–Crippen MR) is 90.1 cm³/mol. The van der Waals surface area contributed by atoms with E-state index in [0.717, 1.165) is 17.1 Å². The van der Waals surface area contributed by atoms with Crippen molar-refractivity contribution in [3.63, 3.8) is 0 Å². The molecule has 0 saturated heterocycles. The Bertz CT molecular complexity index is 650. The molecule has 122 valence electrons. The van der Waals surface area contributed by atoms with Crippen LogP contribution in [0.3, 0.4) is 0 Å². The largest absolute Gasteiger partial charge is 0.493 e. The molecule has 23 heavy (non-hydrogen) atoms. The summed E-state index contributed by atoms with van der Waals surface area (Å²) in [5, 5.41) is 13.7. The van der Waals surface area contributed by atoms with Gasteiger partial charge in [0.1, 0.15) is 22.9 Å². The second kappa shape index (κ2) is 7.87. The fraction of sp³-hybridized carbons (Fsp3) is 0.368. The highest BCUT2D eigenvalue weighted by Gasteiger charge is 2.26. The van der Waals surface area contributed by atoms with E-state index in [9.17, 15) is 5.11 Å². The van der Waals surface area contributed by atoms with Crippen LogP contribution in [-0.2, 0) is 12.1 Å².